The van der Waals surface area contributed by atoms with Crippen molar-refractivity contribution in [2.24, 2.45) is 17.3 Å². The van der Waals surface area contributed by atoms with Crippen LogP contribution in [-0.4, -0.2) is 30.2 Å². The fourth-order valence-corrected chi connectivity index (χ4v) is 4.69. The average molecular weight is 386 g/mol. The minimum atomic E-state index is -1.64. The van der Waals surface area contributed by atoms with Gasteiger partial charge in [-0.3, -0.25) is 4.90 Å². The number of nitrogens with zero attached hydrogens (tertiary/aromatic N) is 4. The van der Waals surface area contributed by atoms with Gasteiger partial charge in [-0.1, -0.05) is 58.0 Å². The Balaban J connectivity index is 2.20. The summed E-state index contributed by atoms with van der Waals surface area (Å²) < 4.78 is 0. The predicted octanol–water partition coefficient (Wildman–Crippen LogP) is 4.15. The van der Waals surface area contributed by atoms with Crippen LogP contribution in [0.5, 0.6) is 0 Å². The molecule has 1 fully saturated rings. The molecule has 1 unspecified atom stereocenters. The number of hydrogen-bond donors (Lipinski definition) is 1. The van der Waals surface area contributed by atoms with E-state index in [2.05, 4.69) is 62.9 Å². The second kappa shape index (κ2) is 7.47. The lowest BCUT2D eigenvalue weighted by atomic mass is 9.54. The monoisotopic (exact) mass is 385 g/mol. The number of benzene rings is 1. The highest BCUT2D eigenvalue weighted by atomic mass is 15.1. The summed E-state index contributed by atoms with van der Waals surface area (Å²) in [6, 6.07) is 14.6. The molecule has 1 aliphatic carbocycles. The Hall–Kier alpha value is -2.94. The van der Waals surface area contributed by atoms with Crippen LogP contribution in [0.3, 0.4) is 0 Å². The van der Waals surface area contributed by atoms with Gasteiger partial charge in [0.15, 0.2) is 5.41 Å². The van der Waals surface area contributed by atoms with E-state index in [4.69, 9.17) is 5.41 Å². The fourth-order valence-electron chi connectivity index (χ4n) is 4.69. The van der Waals surface area contributed by atoms with Gasteiger partial charge in [0.25, 0.3) is 0 Å². The number of likely N-dealkylation sites (N-methyl/N-ethyl adjacent to an activating group) is 1. The molecular weight excluding hydrogens is 358 g/mol. The molecule has 2 aliphatic rings. The number of rotatable bonds is 2. The highest BCUT2D eigenvalue weighted by molar-refractivity contribution is 6.00. The Kier molecular flexibility index (Phi) is 5.36. The molecule has 1 aromatic rings. The molecule has 1 aromatic carbocycles. The van der Waals surface area contributed by atoms with Gasteiger partial charge in [-0.05, 0) is 28.7 Å². The molecule has 1 aliphatic heterocycles. The SMILES string of the molecule is CCN1CC=C2C(C#N)C(=N)C(C#N)(C#N)[C@@H](c3ccc(C(C)(C)C)cc3)[C@@H]2C1. The summed E-state index contributed by atoms with van der Waals surface area (Å²) in [6.45, 7) is 10.8. The lowest BCUT2D eigenvalue weighted by Gasteiger charge is -2.47. The highest BCUT2D eigenvalue weighted by Gasteiger charge is 2.57. The molecule has 148 valence electrons. The standard InChI is InChI=1S/C24H27N5/c1-5-29-11-10-18-19(12-25)22(28)24(14-26,15-27)21(20(18)13-29)16-6-8-17(9-7-16)23(2,3)4/h6-10,19-21,28H,5,11,13H2,1-4H3/t19?,20-,21+/m1/s1. The molecule has 29 heavy (non-hydrogen) atoms. The van der Waals surface area contributed by atoms with Crippen LogP contribution in [-0.2, 0) is 5.41 Å². The zero-order valence-corrected chi connectivity index (χ0v) is 17.5. The van der Waals surface area contributed by atoms with Crippen LogP contribution in [0.4, 0.5) is 0 Å². The molecule has 1 saturated carbocycles. The van der Waals surface area contributed by atoms with Crippen LogP contribution >= 0.6 is 0 Å². The first-order chi connectivity index (χ1) is 13.7. The second-order valence-corrected chi connectivity index (χ2v) is 9.02. The zero-order valence-electron chi connectivity index (χ0n) is 17.5. The minimum Gasteiger partial charge on any atom is -0.305 e. The van der Waals surface area contributed by atoms with Gasteiger partial charge in [0.1, 0.15) is 5.92 Å². The van der Waals surface area contributed by atoms with E-state index < -0.39 is 17.3 Å². The second-order valence-electron chi connectivity index (χ2n) is 9.02. The maximum absolute atomic E-state index is 10.1. The van der Waals surface area contributed by atoms with Crippen molar-refractivity contribution in [3.8, 4) is 18.2 Å². The summed E-state index contributed by atoms with van der Waals surface area (Å²) in [4.78, 5) is 2.26. The molecule has 0 spiro atoms. The molecule has 1 heterocycles. The van der Waals surface area contributed by atoms with Crippen LogP contribution in [0.25, 0.3) is 0 Å². The molecule has 0 bridgehead atoms. The lowest BCUT2D eigenvalue weighted by molar-refractivity contribution is 0.212. The van der Waals surface area contributed by atoms with Crippen LogP contribution in [0.1, 0.15) is 44.7 Å². The molecule has 0 radical (unpaired) electrons. The third-order valence-corrected chi connectivity index (χ3v) is 6.45. The van der Waals surface area contributed by atoms with Gasteiger partial charge < -0.3 is 5.41 Å². The van der Waals surface area contributed by atoms with Crippen LogP contribution in [0, 0.1) is 56.7 Å². The normalized spacial score (nSPS) is 26.4. The predicted molar refractivity (Wildman–Crippen MR) is 112 cm³/mol. The van der Waals surface area contributed by atoms with Crippen molar-refractivity contribution < 1.29 is 0 Å². The van der Waals surface area contributed by atoms with Crippen molar-refractivity contribution in [2.75, 3.05) is 19.6 Å². The maximum atomic E-state index is 10.1. The van der Waals surface area contributed by atoms with E-state index in [1.807, 2.05) is 18.2 Å². The van der Waals surface area contributed by atoms with Crippen molar-refractivity contribution in [3.63, 3.8) is 0 Å². The Bertz CT molecular complexity index is 945. The van der Waals surface area contributed by atoms with Crippen molar-refractivity contribution in [1.82, 2.24) is 4.90 Å². The van der Waals surface area contributed by atoms with Gasteiger partial charge in [-0.15, -0.1) is 0 Å². The van der Waals surface area contributed by atoms with E-state index in [9.17, 15) is 15.8 Å². The largest absolute Gasteiger partial charge is 0.305 e. The number of fused-ring (bicyclic) bond motifs is 1. The number of nitriles is 3. The van der Waals surface area contributed by atoms with Crippen LogP contribution < -0.4 is 0 Å². The number of nitrogens with one attached hydrogen (secondary N) is 1. The summed E-state index contributed by atoms with van der Waals surface area (Å²) in [5.74, 6) is -1.41. The molecule has 3 rings (SSSR count). The maximum Gasteiger partial charge on any atom is 0.189 e. The summed E-state index contributed by atoms with van der Waals surface area (Å²) in [7, 11) is 0. The van der Waals surface area contributed by atoms with Crippen molar-refractivity contribution >= 4 is 5.71 Å². The van der Waals surface area contributed by atoms with Crippen molar-refractivity contribution in [1.29, 1.82) is 21.2 Å². The van der Waals surface area contributed by atoms with E-state index in [1.165, 1.54) is 5.56 Å². The topological polar surface area (TPSA) is 98.5 Å². The molecule has 5 nitrogen and oxygen atoms in total. The first kappa shape index (κ1) is 20.8. The molecule has 0 aromatic heterocycles. The highest BCUT2D eigenvalue weighted by Crippen LogP contribution is 2.53. The van der Waals surface area contributed by atoms with Gasteiger partial charge >= 0.3 is 0 Å². The Morgan fingerprint density at radius 3 is 2.24 bits per heavy atom. The third-order valence-electron chi connectivity index (χ3n) is 6.45. The average Bonchev–Trinajstić information content (AvgIpc) is 2.72. The Morgan fingerprint density at radius 2 is 1.76 bits per heavy atom. The van der Waals surface area contributed by atoms with E-state index in [0.717, 1.165) is 24.2 Å². The molecular formula is C24H27N5. The molecule has 3 atom stereocenters. The first-order valence-electron chi connectivity index (χ1n) is 10.1. The molecule has 5 heteroatoms. The summed E-state index contributed by atoms with van der Waals surface area (Å²) in [5, 5.41) is 38.6. The molecule has 0 amide bonds. The molecule has 1 N–H and O–H groups in total. The lowest BCUT2D eigenvalue weighted by Crippen LogP contribution is -2.52. The van der Waals surface area contributed by atoms with E-state index >= 15 is 0 Å². The molecule has 0 saturated heterocycles. The summed E-state index contributed by atoms with van der Waals surface area (Å²) >= 11 is 0. The Morgan fingerprint density at radius 1 is 1.14 bits per heavy atom. The summed E-state index contributed by atoms with van der Waals surface area (Å²) in [6.07, 6.45) is 2.04. The quantitative estimate of drug-likeness (QED) is 0.773. The van der Waals surface area contributed by atoms with E-state index in [1.54, 1.807) is 0 Å². The minimum absolute atomic E-state index is 0.000163. The van der Waals surface area contributed by atoms with Crippen LogP contribution in [0.15, 0.2) is 35.9 Å². The van der Waals surface area contributed by atoms with Gasteiger partial charge in [0.2, 0.25) is 0 Å². The van der Waals surface area contributed by atoms with Gasteiger partial charge in [0, 0.05) is 24.9 Å². The smallest absolute Gasteiger partial charge is 0.189 e. The van der Waals surface area contributed by atoms with Crippen LogP contribution in [0.2, 0.25) is 0 Å². The Labute approximate surface area is 173 Å². The summed E-state index contributed by atoms with van der Waals surface area (Å²) in [5.41, 5.74) is 1.24. The van der Waals surface area contributed by atoms with Crippen molar-refractivity contribution in [2.45, 2.75) is 39.0 Å². The van der Waals surface area contributed by atoms with E-state index in [0.29, 0.717) is 6.54 Å². The third kappa shape index (κ3) is 3.25. The van der Waals surface area contributed by atoms with Crippen molar-refractivity contribution in [3.05, 3.63) is 47.0 Å². The van der Waals surface area contributed by atoms with Gasteiger partial charge in [-0.2, -0.15) is 15.8 Å². The van der Waals surface area contributed by atoms with Gasteiger partial charge in [-0.25, -0.2) is 0 Å². The number of hydrogen-bond acceptors (Lipinski definition) is 5. The van der Waals surface area contributed by atoms with Gasteiger partial charge in [0.05, 0.1) is 23.9 Å². The van der Waals surface area contributed by atoms with E-state index in [-0.39, 0.29) is 17.0 Å². The first-order valence-corrected chi connectivity index (χ1v) is 10.1. The fraction of sp³-hybridized carbons (Fsp3) is 0.500. The zero-order chi connectivity index (χ0) is 21.4.